The summed E-state index contributed by atoms with van der Waals surface area (Å²) in [6.07, 6.45) is 0. The first-order valence-corrected chi connectivity index (χ1v) is 8.45. The van der Waals surface area contributed by atoms with Crippen molar-refractivity contribution in [1.29, 1.82) is 0 Å². The summed E-state index contributed by atoms with van der Waals surface area (Å²) in [6, 6.07) is 7.42. The van der Waals surface area contributed by atoms with E-state index < -0.39 is 16.6 Å². The number of H-pyrrole nitrogens is 1. The largest absolute Gasteiger partial charge is 0.390 e. The van der Waals surface area contributed by atoms with E-state index in [1.54, 1.807) is 6.92 Å². The molecule has 1 aromatic heterocycles. The third kappa shape index (κ3) is 3.34. The van der Waals surface area contributed by atoms with Crippen LogP contribution in [-0.2, 0) is 23.2 Å². The van der Waals surface area contributed by atoms with Gasteiger partial charge in [0.2, 0.25) is 10.0 Å². The molecule has 0 aliphatic heterocycles. The van der Waals surface area contributed by atoms with Gasteiger partial charge in [0.1, 0.15) is 10.6 Å². The Morgan fingerprint density at radius 2 is 1.95 bits per heavy atom. The van der Waals surface area contributed by atoms with Crippen LogP contribution in [0.15, 0.2) is 33.6 Å². The van der Waals surface area contributed by atoms with Crippen LogP contribution in [0.2, 0.25) is 0 Å². The van der Waals surface area contributed by atoms with Crippen molar-refractivity contribution >= 4 is 26.0 Å². The van der Waals surface area contributed by atoms with E-state index in [9.17, 15) is 13.5 Å². The molecule has 0 fully saturated rings. The normalized spacial score (nSPS) is 12.0. The molecule has 0 amide bonds. The average Bonchev–Trinajstić information content (AvgIpc) is 2.83. The third-order valence-electron chi connectivity index (χ3n) is 3.10. The number of aryl methyl sites for hydroxylation is 1. The number of aromatic amines is 1. The van der Waals surface area contributed by atoms with E-state index in [1.807, 2.05) is 24.3 Å². The number of aliphatic hydroxyl groups is 1. The van der Waals surface area contributed by atoms with Crippen LogP contribution in [0.4, 0.5) is 0 Å². The fourth-order valence-corrected chi connectivity index (χ4v) is 3.74. The Balaban J connectivity index is 2.30. The summed E-state index contributed by atoms with van der Waals surface area (Å²) in [7, 11) is -2.20. The number of nitrogens with one attached hydrogen (secondary N) is 1. The van der Waals surface area contributed by atoms with E-state index >= 15 is 0 Å². The summed E-state index contributed by atoms with van der Waals surface area (Å²) in [5.74, 6) is 0. The lowest BCUT2D eigenvalue weighted by Gasteiger charge is -2.17. The summed E-state index contributed by atoms with van der Waals surface area (Å²) in [5.41, 5.74) is 1.42. The van der Waals surface area contributed by atoms with Crippen molar-refractivity contribution in [2.45, 2.75) is 25.0 Å². The highest BCUT2D eigenvalue weighted by Crippen LogP contribution is 2.23. The molecule has 0 aliphatic carbocycles. The molecule has 0 unspecified atom stereocenters. The fourth-order valence-electron chi connectivity index (χ4n) is 2.01. The van der Waals surface area contributed by atoms with E-state index in [-0.39, 0.29) is 17.1 Å². The second-order valence-corrected chi connectivity index (χ2v) is 7.57. The van der Waals surface area contributed by atoms with E-state index in [4.69, 9.17) is 0 Å². The summed E-state index contributed by atoms with van der Waals surface area (Å²) in [6.45, 7) is 1.43. The number of nitrogens with zero attached hydrogens (tertiary/aromatic N) is 2. The summed E-state index contributed by atoms with van der Waals surface area (Å²) >= 11 is 3.34. The Morgan fingerprint density at radius 1 is 1.33 bits per heavy atom. The molecule has 0 aliphatic rings. The van der Waals surface area contributed by atoms with Crippen molar-refractivity contribution in [3.63, 3.8) is 0 Å². The monoisotopic (exact) mass is 373 g/mol. The van der Waals surface area contributed by atoms with Crippen molar-refractivity contribution in [3.05, 3.63) is 45.7 Å². The Kier molecular flexibility index (Phi) is 4.82. The zero-order valence-corrected chi connectivity index (χ0v) is 14.1. The quantitative estimate of drug-likeness (QED) is 0.836. The number of rotatable bonds is 5. The highest BCUT2D eigenvalue weighted by molar-refractivity contribution is 9.10. The Labute approximate surface area is 132 Å². The van der Waals surface area contributed by atoms with Gasteiger partial charge in [-0.1, -0.05) is 28.1 Å². The van der Waals surface area contributed by atoms with Crippen LogP contribution in [0.1, 0.15) is 17.0 Å². The van der Waals surface area contributed by atoms with Crippen molar-refractivity contribution in [2.24, 2.45) is 0 Å². The Hall–Kier alpha value is -1.22. The van der Waals surface area contributed by atoms with Gasteiger partial charge in [-0.25, -0.2) is 8.42 Å². The maximum absolute atomic E-state index is 12.6. The predicted molar refractivity (Wildman–Crippen MR) is 82.0 cm³/mol. The van der Waals surface area contributed by atoms with Gasteiger partial charge in [-0.05, 0) is 24.6 Å². The maximum Gasteiger partial charge on any atom is 0.246 e. The summed E-state index contributed by atoms with van der Waals surface area (Å²) in [4.78, 5) is 0.0459. The first kappa shape index (κ1) is 16.2. The molecule has 2 N–H and O–H groups in total. The molecule has 0 saturated heterocycles. The molecular weight excluding hydrogens is 358 g/mol. The van der Waals surface area contributed by atoms with Crippen LogP contribution in [0.3, 0.4) is 0 Å². The topological polar surface area (TPSA) is 86.3 Å². The predicted octanol–water partition coefficient (Wildman–Crippen LogP) is 1.79. The van der Waals surface area contributed by atoms with Crippen LogP contribution in [0, 0.1) is 6.92 Å². The number of hydrogen-bond acceptors (Lipinski definition) is 4. The standard InChI is InChI=1S/C13H16BrN3O3S/c1-9-13(12(8-18)16-15-9)21(19,20)17(2)7-10-3-5-11(14)6-4-10/h3-6,18H,7-8H2,1-2H3,(H,15,16). The van der Waals surface area contributed by atoms with Crippen LogP contribution in [0.25, 0.3) is 0 Å². The highest BCUT2D eigenvalue weighted by Gasteiger charge is 2.28. The van der Waals surface area contributed by atoms with Gasteiger partial charge in [0, 0.05) is 18.1 Å². The molecule has 0 saturated carbocycles. The molecule has 0 radical (unpaired) electrons. The second kappa shape index (κ2) is 6.27. The minimum atomic E-state index is -3.71. The average molecular weight is 374 g/mol. The van der Waals surface area contributed by atoms with Crippen molar-refractivity contribution in [2.75, 3.05) is 7.05 Å². The van der Waals surface area contributed by atoms with Gasteiger partial charge in [0.05, 0.1) is 12.3 Å². The van der Waals surface area contributed by atoms with Crippen molar-refractivity contribution in [1.82, 2.24) is 14.5 Å². The van der Waals surface area contributed by atoms with Crippen molar-refractivity contribution in [3.8, 4) is 0 Å². The SMILES string of the molecule is Cc1[nH]nc(CO)c1S(=O)(=O)N(C)Cc1ccc(Br)cc1. The molecule has 2 aromatic rings. The first-order chi connectivity index (χ1) is 9.86. The van der Waals surface area contributed by atoms with Gasteiger partial charge in [0.15, 0.2) is 0 Å². The van der Waals surface area contributed by atoms with Gasteiger partial charge in [-0.2, -0.15) is 9.40 Å². The lowest BCUT2D eigenvalue weighted by atomic mass is 10.2. The van der Waals surface area contributed by atoms with Crippen molar-refractivity contribution < 1.29 is 13.5 Å². The minimum Gasteiger partial charge on any atom is -0.390 e. The van der Waals surface area contributed by atoms with E-state index in [1.165, 1.54) is 11.4 Å². The molecule has 0 bridgehead atoms. The lowest BCUT2D eigenvalue weighted by molar-refractivity contribution is 0.273. The molecule has 1 heterocycles. The highest BCUT2D eigenvalue weighted by atomic mass is 79.9. The number of aliphatic hydroxyl groups excluding tert-OH is 1. The minimum absolute atomic E-state index is 0.0459. The first-order valence-electron chi connectivity index (χ1n) is 6.21. The molecule has 0 spiro atoms. The number of hydrogen-bond donors (Lipinski definition) is 2. The number of aromatic nitrogens is 2. The molecule has 8 heteroatoms. The smallest absolute Gasteiger partial charge is 0.246 e. The van der Waals surface area contributed by atoms with Gasteiger partial charge >= 0.3 is 0 Å². The van der Waals surface area contributed by atoms with Crippen LogP contribution in [-0.4, -0.2) is 35.1 Å². The van der Waals surface area contributed by atoms with Gasteiger partial charge in [-0.3, -0.25) is 5.10 Å². The summed E-state index contributed by atoms with van der Waals surface area (Å²) in [5, 5.41) is 15.6. The molecule has 6 nitrogen and oxygen atoms in total. The molecular formula is C13H16BrN3O3S. The number of sulfonamides is 1. The number of halogens is 1. The van der Waals surface area contributed by atoms with E-state index in [0.717, 1.165) is 10.0 Å². The number of benzene rings is 1. The Bertz CT molecular complexity index is 726. The van der Waals surface area contributed by atoms with Gasteiger partial charge in [-0.15, -0.1) is 0 Å². The zero-order chi connectivity index (χ0) is 15.6. The fraction of sp³-hybridized carbons (Fsp3) is 0.308. The van der Waals surface area contributed by atoms with Crippen LogP contribution >= 0.6 is 15.9 Å². The van der Waals surface area contributed by atoms with E-state index in [2.05, 4.69) is 26.1 Å². The van der Waals surface area contributed by atoms with Crippen LogP contribution in [0.5, 0.6) is 0 Å². The summed E-state index contributed by atoms with van der Waals surface area (Å²) < 4.78 is 27.4. The molecule has 2 rings (SSSR count). The zero-order valence-electron chi connectivity index (χ0n) is 11.7. The second-order valence-electron chi connectivity index (χ2n) is 4.67. The molecule has 114 valence electrons. The van der Waals surface area contributed by atoms with E-state index in [0.29, 0.717) is 5.69 Å². The lowest BCUT2D eigenvalue weighted by Crippen LogP contribution is -2.27. The maximum atomic E-state index is 12.6. The van der Waals surface area contributed by atoms with Gasteiger partial charge < -0.3 is 5.11 Å². The molecule has 21 heavy (non-hydrogen) atoms. The van der Waals surface area contributed by atoms with Gasteiger partial charge in [0.25, 0.3) is 0 Å². The third-order valence-corrected chi connectivity index (χ3v) is 5.63. The molecule has 0 atom stereocenters. The molecule has 1 aromatic carbocycles. The Morgan fingerprint density at radius 3 is 2.52 bits per heavy atom. The van der Waals surface area contributed by atoms with Crippen LogP contribution < -0.4 is 0 Å².